The summed E-state index contributed by atoms with van der Waals surface area (Å²) in [6.45, 7) is 6.19. The molecule has 1 aromatic carbocycles. The smallest absolute Gasteiger partial charge is 0.164 e. The van der Waals surface area contributed by atoms with Crippen molar-refractivity contribution < 1.29 is 10.2 Å². The SMILES string of the molecule is CC(O)C(CO)Nc1cc(NCc2ccc(-c3ccccn3)cc2)c2ncn(C(C)C)c2n1. The van der Waals surface area contributed by atoms with Crippen LogP contribution in [0.5, 0.6) is 0 Å². The molecule has 4 rings (SSSR count). The molecule has 0 spiro atoms. The molecule has 2 unspecified atom stereocenters. The molecule has 4 aromatic rings. The number of hydrogen-bond donors (Lipinski definition) is 4. The highest BCUT2D eigenvalue weighted by Gasteiger charge is 2.18. The Morgan fingerprint density at radius 2 is 1.82 bits per heavy atom. The van der Waals surface area contributed by atoms with Crippen molar-refractivity contribution in [2.24, 2.45) is 0 Å². The van der Waals surface area contributed by atoms with Crippen LogP contribution in [0.4, 0.5) is 11.5 Å². The molecule has 0 saturated heterocycles. The van der Waals surface area contributed by atoms with Crippen LogP contribution in [-0.2, 0) is 6.54 Å². The zero-order chi connectivity index (χ0) is 23.4. The van der Waals surface area contributed by atoms with E-state index < -0.39 is 12.1 Å². The van der Waals surface area contributed by atoms with E-state index in [0.717, 1.165) is 33.7 Å². The van der Waals surface area contributed by atoms with Gasteiger partial charge >= 0.3 is 0 Å². The summed E-state index contributed by atoms with van der Waals surface area (Å²) < 4.78 is 2.00. The van der Waals surface area contributed by atoms with Crippen LogP contribution in [0.3, 0.4) is 0 Å². The fraction of sp³-hybridized carbons (Fsp3) is 0.320. The molecule has 0 amide bonds. The van der Waals surface area contributed by atoms with Crippen molar-refractivity contribution in [3.8, 4) is 11.3 Å². The summed E-state index contributed by atoms with van der Waals surface area (Å²) in [6.07, 6.45) is 2.86. The topological polar surface area (TPSA) is 108 Å². The third-order valence-electron chi connectivity index (χ3n) is 5.60. The van der Waals surface area contributed by atoms with E-state index in [1.54, 1.807) is 19.4 Å². The van der Waals surface area contributed by atoms with Gasteiger partial charge in [0.15, 0.2) is 5.65 Å². The molecule has 0 bridgehead atoms. The highest BCUT2D eigenvalue weighted by Crippen LogP contribution is 2.27. The van der Waals surface area contributed by atoms with Gasteiger partial charge in [-0.15, -0.1) is 0 Å². The van der Waals surface area contributed by atoms with Crippen LogP contribution >= 0.6 is 0 Å². The summed E-state index contributed by atoms with van der Waals surface area (Å²) in [4.78, 5) is 13.7. The minimum atomic E-state index is -0.725. The van der Waals surface area contributed by atoms with Gasteiger partial charge in [-0.2, -0.15) is 0 Å². The fourth-order valence-corrected chi connectivity index (χ4v) is 3.63. The number of aliphatic hydroxyl groups is 2. The second kappa shape index (κ2) is 9.97. The normalized spacial score (nSPS) is 13.3. The minimum Gasteiger partial charge on any atom is -0.394 e. The van der Waals surface area contributed by atoms with Crippen LogP contribution in [0.25, 0.3) is 22.4 Å². The number of rotatable bonds is 9. The van der Waals surface area contributed by atoms with E-state index in [4.69, 9.17) is 4.98 Å². The maximum absolute atomic E-state index is 9.93. The van der Waals surface area contributed by atoms with E-state index in [-0.39, 0.29) is 12.6 Å². The average molecular weight is 447 g/mol. The molecule has 3 heterocycles. The van der Waals surface area contributed by atoms with E-state index in [9.17, 15) is 10.2 Å². The fourth-order valence-electron chi connectivity index (χ4n) is 3.63. The minimum absolute atomic E-state index is 0.190. The summed E-state index contributed by atoms with van der Waals surface area (Å²) in [5.74, 6) is 0.567. The standard InChI is InChI=1S/C25H30N6O2/c1-16(2)31-15-28-24-21(12-23(30-25(24)31)29-22(14-32)17(3)33)27-13-18-7-9-19(10-8-18)20-6-4-5-11-26-20/h4-12,15-17,22,32-33H,13-14H2,1-3H3,(H2,27,29,30). The number of fused-ring (bicyclic) bond motifs is 1. The summed E-state index contributed by atoms with van der Waals surface area (Å²) in [5, 5.41) is 26.2. The maximum atomic E-state index is 9.93. The molecule has 0 saturated carbocycles. The second-order valence-electron chi connectivity index (χ2n) is 8.41. The number of nitrogens with one attached hydrogen (secondary N) is 2. The Balaban J connectivity index is 1.59. The van der Waals surface area contributed by atoms with Crippen molar-refractivity contribution in [2.75, 3.05) is 17.2 Å². The van der Waals surface area contributed by atoms with Crippen LogP contribution in [0.1, 0.15) is 32.4 Å². The zero-order valence-corrected chi connectivity index (χ0v) is 19.1. The number of anilines is 2. The molecule has 0 aliphatic heterocycles. The number of nitrogens with zero attached hydrogens (tertiary/aromatic N) is 4. The van der Waals surface area contributed by atoms with Gasteiger partial charge in [-0.05, 0) is 38.5 Å². The van der Waals surface area contributed by atoms with Crippen molar-refractivity contribution in [2.45, 2.75) is 45.5 Å². The predicted molar refractivity (Wildman–Crippen MR) is 131 cm³/mol. The van der Waals surface area contributed by atoms with Gasteiger partial charge in [-0.25, -0.2) is 9.97 Å². The highest BCUT2D eigenvalue weighted by molar-refractivity contribution is 5.88. The van der Waals surface area contributed by atoms with Crippen LogP contribution in [-0.4, -0.2) is 48.5 Å². The quantitative estimate of drug-likeness (QED) is 0.309. The van der Waals surface area contributed by atoms with E-state index in [0.29, 0.717) is 12.4 Å². The van der Waals surface area contributed by atoms with E-state index >= 15 is 0 Å². The van der Waals surface area contributed by atoms with Crippen molar-refractivity contribution in [1.82, 2.24) is 19.5 Å². The number of aromatic nitrogens is 4. The molecule has 3 aromatic heterocycles. The van der Waals surface area contributed by atoms with Gasteiger partial charge in [0.2, 0.25) is 0 Å². The van der Waals surface area contributed by atoms with Crippen molar-refractivity contribution in [3.05, 3.63) is 66.6 Å². The summed E-state index contributed by atoms with van der Waals surface area (Å²) >= 11 is 0. The monoisotopic (exact) mass is 446 g/mol. The Bertz CT molecular complexity index is 1190. The Morgan fingerprint density at radius 3 is 2.45 bits per heavy atom. The molecule has 33 heavy (non-hydrogen) atoms. The van der Waals surface area contributed by atoms with E-state index in [1.165, 1.54) is 0 Å². The number of imidazole rings is 1. The molecular weight excluding hydrogens is 416 g/mol. The molecule has 0 fully saturated rings. The molecule has 2 atom stereocenters. The number of hydrogen-bond acceptors (Lipinski definition) is 7. The molecule has 172 valence electrons. The number of pyridine rings is 2. The number of aliphatic hydroxyl groups excluding tert-OH is 2. The first kappa shape index (κ1) is 22.7. The number of benzene rings is 1. The molecule has 0 aliphatic carbocycles. The lowest BCUT2D eigenvalue weighted by atomic mass is 10.1. The Morgan fingerprint density at radius 1 is 1.03 bits per heavy atom. The van der Waals surface area contributed by atoms with Crippen molar-refractivity contribution >= 4 is 22.7 Å². The van der Waals surface area contributed by atoms with Gasteiger partial charge in [0.1, 0.15) is 11.3 Å². The molecule has 8 nitrogen and oxygen atoms in total. The second-order valence-corrected chi connectivity index (χ2v) is 8.41. The Labute approximate surface area is 193 Å². The van der Waals surface area contributed by atoms with Crippen LogP contribution in [0, 0.1) is 0 Å². The van der Waals surface area contributed by atoms with E-state index in [1.807, 2.05) is 28.8 Å². The average Bonchev–Trinajstić information content (AvgIpc) is 3.26. The third-order valence-corrected chi connectivity index (χ3v) is 5.60. The molecule has 0 aliphatic rings. The summed E-state index contributed by atoms with van der Waals surface area (Å²) in [5.41, 5.74) is 5.48. The largest absolute Gasteiger partial charge is 0.394 e. The van der Waals surface area contributed by atoms with Crippen molar-refractivity contribution in [3.63, 3.8) is 0 Å². The van der Waals surface area contributed by atoms with Crippen LogP contribution in [0.15, 0.2) is 61.1 Å². The van der Waals surface area contributed by atoms with Gasteiger partial charge in [0.05, 0.1) is 36.5 Å². The van der Waals surface area contributed by atoms with Gasteiger partial charge in [0, 0.05) is 30.4 Å². The molecule has 4 N–H and O–H groups in total. The van der Waals surface area contributed by atoms with Gasteiger partial charge in [-0.3, -0.25) is 4.98 Å². The first-order chi connectivity index (χ1) is 16.0. The first-order valence-corrected chi connectivity index (χ1v) is 11.1. The van der Waals surface area contributed by atoms with Crippen molar-refractivity contribution in [1.29, 1.82) is 0 Å². The van der Waals surface area contributed by atoms with E-state index in [2.05, 4.69) is 58.7 Å². The van der Waals surface area contributed by atoms with Gasteiger partial charge in [0.25, 0.3) is 0 Å². The first-order valence-electron chi connectivity index (χ1n) is 11.1. The molecule has 8 heteroatoms. The van der Waals surface area contributed by atoms with Crippen LogP contribution < -0.4 is 10.6 Å². The van der Waals surface area contributed by atoms with Crippen LogP contribution in [0.2, 0.25) is 0 Å². The Hall–Kier alpha value is -3.49. The lowest BCUT2D eigenvalue weighted by molar-refractivity contribution is 0.132. The Kier molecular flexibility index (Phi) is 6.86. The highest BCUT2D eigenvalue weighted by atomic mass is 16.3. The summed E-state index contributed by atoms with van der Waals surface area (Å²) in [6, 6.07) is 15.7. The predicted octanol–water partition coefficient (Wildman–Crippen LogP) is 3.84. The maximum Gasteiger partial charge on any atom is 0.164 e. The lowest BCUT2D eigenvalue weighted by Gasteiger charge is -2.20. The molecule has 0 radical (unpaired) electrons. The zero-order valence-electron chi connectivity index (χ0n) is 19.1. The van der Waals surface area contributed by atoms with Gasteiger partial charge < -0.3 is 25.4 Å². The van der Waals surface area contributed by atoms with Gasteiger partial charge in [-0.1, -0.05) is 30.3 Å². The summed E-state index contributed by atoms with van der Waals surface area (Å²) in [7, 11) is 0. The molecular formula is C25H30N6O2. The lowest BCUT2D eigenvalue weighted by Crippen LogP contribution is -2.35. The third kappa shape index (κ3) is 5.13.